The zero-order valence-electron chi connectivity index (χ0n) is 61.2. The van der Waals surface area contributed by atoms with Crippen molar-refractivity contribution in [2.24, 2.45) is 41.1 Å². The van der Waals surface area contributed by atoms with Crippen molar-refractivity contribution in [2.45, 2.75) is 223 Å². The molecule has 0 bridgehead atoms. The van der Waals surface area contributed by atoms with Gasteiger partial charge >= 0.3 is 0 Å². The maximum atomic E-state index is 10.7. The van der Waals surface area contributed by atoms with E-state index in [0.717, 1.165) is 49.1 Å². The molecular formula is C60H162N12O13. The number of aliphatic hydroxyl groups is 1. The van der Waals surface area contributed by atoms with Gasteiger partial charge in [0.2, 0.25) is 5.91 Å². The molecule has 0 spiro atoms. The van der Waals surface area contributed by atoms with E-state index in [1.165, 1.54) is 71.0 Å². The van der Waals surface area contributed by atoms with Gasteiger partial charge in [-0.1, -0.05) is 201 Å². The second-order valence-electron chi connectivity index (χ2n) is 14.5. The van der Waals surface area contributed by atoms with Crippen LogP contribution >= 0.6 is 0 Å². The van der Waals surface area contributed by atoms with Crippen molar-refractivity contribution >= 4 is 80.6 Å². The molecule has 2 rings (SSSR count). The zero-order chi connectivity index (χ0) is 67.5. The van der Waals surface area contributed by atoms with E-state index in [4.69, 9.17) is 57.8 Å². The molecule has 1 fully saturated rings. The highest BCUT2D eigenvalue weighted by molar-refractivity contribution is 5.73. The molecule has 1 saturated heterocycles. The average molecular weight is 1260 g/mol. The van der Waals surface area contributed by atoms with Crippen LogP contribution < -0.4 is 66.8 Å². The fourth-order valence-electron chi connectivity index (χ4n) is 1.92. The summed E-state index contributed by atoms with van der Waals surface area (Å²) in [7, 11) is 3.00. The maximum absolute atomic E-state index is 10.7. The molecule has 0 unspecified atom stereocenters. The van der Waals surface area contributed by atoms with E-state index in [0.29, 0.717) is 0 Å². The lowest BCUT2D eigenvalue weighted by Crippen LogP contribution is -2.33. The minimum absolute atomic E-state index is 0. The second-order valence-corrected chi connectivity index (χ2v) is 14.5. The predicted octanol–water partition coefficient (Wildman–Crippen LogP) is 14.5. The van der Waals surface area contributed by atoms with Gasteiger partial charge in [0.15, 0.2) is 0 Å². The minimum atomic E-state index is -0.167. The SMILES string of the molecule is C=O.C=O.C=O.C=O.C=O.C=O.C=O.C=O.C=O.C=O.C=O.CC.CC.CC(=O)N1CCCCC1.CC(C)O.CCC(C)C.CCC(C)C.CCC(C)C.CCC(C)C.CCC(C)C.CCc1ccccc1.CN.CN.N.N.N.N.N.N.N.N.N. The summed E-state index contributed by atoms with van der Waals surface area (Å²) in [4.78, 5) is 101. The molecule has 0 radical (unpaired) electrons. The first-order valence-electron chi connectivity index (χ1n) is 25.6. The molecule has 1 heterocycles. The van der Waals surface area contributed by atoms with E-state index in [2.05, 4.69) is 147 Å². The van der Waals surface area contributed by atoms with E-state index in [1.54, 1.807) is 20.8 Å². The molecule has 0 atom stereocenters. The van der Waals surface area contributed by atoms with Gasteiger partial charge in [0.1, 0.15) is 74.7 Å². The quantitative estimate of drug-likeness (QED) is 0.126. The summed E-state index contributed by atoms with van der Waals surface area (Å²) in [6.45, 7) is 72.4. The Morgan fingerprint density at radius 2 is 0.506 bits per heavy atom. The Morgan fingerprint density at radius 1 is 0.376 bits per heavy atom. The number of carbonyl (C=O) groups excluding carboxylic acids is 12. The standard InChI is InChI=1S/C8H10.C7H13NO.5C5H12.C3H8O.2C2H6.2CH5N.11CH2O.9H3N/c1-2-8-6-4-3-5-7-8;1-7(9)8-5-3-2-4-6-8;5*1-4-5(2)3;1-3(2)4;15*1-2;;;;;;;;;/h3-7H,2H2,1H3;2-6H2,1H3;5*5H,4H2,1-3H3;3-4H,1-2H3;2*1-2H3;2*2H2,1H3;11*1H2;9*1H3. The molecule has 1 aliphatic rings. The summed E-state index contributed by atoms with van der Waals surface area (Å²) in [5, 5.41) is 8.06. The Hall–Kier alpha value is -5.42. The molecule has 1 aromatic carbocycles. The number of benzene rings is 1. The molecule has 540 valence electrons. The molecule has 1 aromatic rings. The monoisotopic (exact) mass is 1260 g/mol. The summed E-state index contributed by atoms with van der Waals surface area (Å²) in [6, 6.07) is 10.5. The normalized spacial score (nSPS) is 7.01. The summed E-state index contributed by atoms with van der Waals surface area (Å²) in [5.41, 5.74) is 10.4. The number of rotatable bonds is 6. The Morgan fingerprint density at radius 3 is 0.576 bits per heavy atom. The average Bonchev–Trinajstić information content (AvgIpc) is 3.51. The Labute approximate surface area is 529 Å². The molecule has 0 saturated carbocycles. The van der Waals surface area contributed by atoms with Crippen LogP contribution in [0.2, 0.25) is 0 Å². The molecule has 25 heteroatoms. The van der Waals surface area contributed by atoms with Crippen molar-refractivity contribution in [3.63, 3.8) is 0 Å². The number of nitrogens with zero attached hydrogens (tertiary/aromatic N) is 1. The number of amides is 1. The molecule has 32 N–H and O–H groups in total. The van der Waals surface area contributed by atoms with Crippen molar-refractivity contribution in [3.8, 4) is 0 Å². The van der Waals surface area contributed by atoms with Crippen LogP contribution in [0.3, 0.4) is 0 Å². The number of hydrogen-bond donors (Lipinski definition) is 12. The number of carbonyl (C=O) groups is 12. The van der Waals surface area contributed by atoms with Crippen molar-refractivity contribution < 1.29 is 62.6 Å². The minimum Gasteiger partial charge on any atom is -0.394 e. The molecule has 1 amide bonds. The summed E-state index contributed by atoms with van der Waals surface area (Å²) < 4.78 is 0. The summed E-state index contributed by atoms with van der Waals surface area (Å²) in [6.07, 6.45) is 11.2. The molecule has 0 aromatic heterocycles. The van der Waals surface area contributed by atoms with E-state index >= 15 is 0 Å². The fourth-order valence-corrected chi connectivity index (χ4v) is 1.92. The summed E-state index contributed by atoms with van der Waals surface area (Å²) >= 11 is 0. The van der Waals surface area contributed by atoms with Crippen molar-refractivity contribution in [3.05, 3.63) is 35.9 Å². The molecule has 85 heavy (non-hydrogen) atoms. The first kappa shape index (κ1) is 200. The van der Waals surface area contributed by atoms with Gasteiger partial charge in [-0.15, -0.1) is 0 Å². The number of nitrogens with two attached hydrogens (primary N) is 2. The largest absolute Gasteiger partial charge is 0.394 e. The fraction of sp³-hybridized carbons (Fsp3) is 0.700. The van der Waals surface area contributed by atoms with Crippen molar-refractivity contribution in [1.29, 1.82) is 0 Å². The van der Waals surface area contributed by atoms with Gasteiger partial charge in [-0.25, -0.2) is 0 Å². The highest BCUT2D eigenvalue weighted by atomic mass is 16.3. The van der Waals surface area contributed by atoms with Crippen LogP contribution in [0.25, 0.3) is 0 Å². The van der Waals surface area contributed by atoms with E-state index in [9.17, 15) is 4.79 Å². The van der Waals surface area contributed by atoms with Crippen LogP contribution in [-0.2, 0) is 64.0 Å². The van der Waals surface area contributed by atoms with Gasteiger partial charge < -0.3 is 130 Å². The molecule has 0 aliphatic carbocycles. The number of aryl methyl sites for hydroxylation is 1. The van der Waals surface area contributed by atoms with Crippen LogP contribution in [0.1, 0.15) is 216 Å². The Balaban J connectivity index is -0.0000000136. The molecule has 1 aliphatic heterocycles. The van der Waals surface area contributed by atoms with E-state index < -0.39 is 0 Å². The third-order valence-electron chi connectivity index (χ3n) is 7.13. The highest BCUT2D eigenvalue weighted by Crippen LogP contribution is 2.07. The van der Waals surface area contributed by atoms with Crippen LogP contribution in [0.5, 0.6) is 0 Å². The third kappa shape index (κ3) is 652. The third-order valence-corrected chi connectivity index (χ3v) is 7.13. The lowest BCUT2D eigenvalue weighted by atomic mass is 10.1. The van der Waals surface area contributed by atoms with Crippen LogP contribution in [0, 0.1) is 29.6 Å². The Kier molecular flexibility index (Phi) is 788. The van der Waals surface area contributed by atoms with Gasteiger partial charge in [-0.3, -0.25) is 4.79 Å². The smallest absolute Gasteiger partial charge is 0.219 e. The van der Waals surface area contributed by atoms with Crippen LogP contribution in [0.4, 0.5) is 0 Å². The van der Waals surface area contributed by atoms with Gasteiger partial charge in [0, 0.05) is 26.1 Å². The van der Waals surface area contributed by atoms with Gasteiger partial charge in [0.25, 0.3) is 0 Å². The van der Waals surface area contributed by atoms with E-state index in [-0.39, 0.29) is 67.4 Å². The summed E-state index contributed by atoms with van der Waals surface area (Å²) in [5.74, 6) is 4.65. The van der Waals surface area contributed by atoms with Crippen LogP contribution in [-0.4, -0.2) is 124 Å². The van der Waals surface area contributed by atoms with Crippen molar-refractivity contribution in [1.82, 2.24) is 60.3 Å². The number of likely N-dealkylation sites (tertiary alicyclic amines) is 1. The topological polar surface area (TPSA) is 595 Å². The number of hydrogen-bond acceptors (Lipinski definition) is 24. The Bertz CT molecular complexity index is 786. The number of piperidine rings is 1. The molecule has 25 nitrogen and oxygen atoms in total. The van der Waals surface area contributed by atoms with Crippen LogP contribution in [0.15, 0.2) is 30.3 Å². The number of aliphatic hydroxyl groups excluding tert-OH is 1. The second kappa shape index (κ2) is 335. The van der Waals surface area contributed by atoms with E-state index in [1.807, 2.05) is 113 Å². The first-order chi connectivity index (χ1) is 36.3. The highest BCUT2D eigenvalue weighted by Gasteiger charge is 2.11. The zero-order valence-corrected chi connectivity index (χ0v) is 61.2. The van der Waals surface area contributed by atoms with Gasteiger partial charge in [-0.2, -0.15) is 0 Å². The maximum Gasteiger partial charge on any atom is 0.219 e. The first-order valence-corrected chi connectivity index (χ1v) is 25.6. The van der Waals surface area contributed by atoms with Gasteiger partial charge in [-0.05, 0) is 88.8 Å². The molecular weight excluding hydrogens is 1100 g/mol. The predicted molar refractivity (Wildman–Crippen MR) is 381 cm³/mol. The lowest BCUT2D eigenvalue weighted by molar-refractivity contribution is -0.129. The van der Waals surface area contributed by atoms with Crippen molar-refractivity contribution in [2.75, 3.05) is 27.2 Å². The lowest BCUT2D eigenvalue weighted by Gasteiger charge is -2.24. The van der Waals surface area contributed by atoms with Gasteiger partial charge in [0.05, 0.1) is 0 Å².